The molecule has 6 heteroatoms. The predicted molar refractivity (Wildman–Crippen MR) is 39.7 cm³/mol. The summed E-state index contributed by atoms with van der Waals surface area (Å²) >= 11 is 0. The first-order valence-corrected chi connectivity index (χ1v) is 3.88. The molecule has 2 rings (SSSR count). The van der Waals surface area contributed by atoms with E-state index in [0.29, 0.717) is 12.8 Å². The van der Waals surface area contributed by atoms with E-state index in [0.717, 1.165) is 0 Å². The van der Waals surface area contributed by atoms with Crippen LogP contribution in [-0.2, 0) is 5.41 Å². The third kappa shape index (κ3) is 1.18. The Morgan fingerprint density at radius 3 is 2.77 bits per heavy atom. The van der Waals surface area contributed by atoms with Crippen molar-refractivity contribution in [1.29, 1.82) is 0 Å². The molecular formula is C7H8FN3O2. The van der Waals surface area contributed by atoms with Crippen LogP contribution in [0, 0.1) is 0 Å². The lowest BCUT2D eigenvalue weighted by Crippen LogP contribution is -2.14. The lowest BCUT2D eigenvalue weighted by molar-refractivity contribution is 0.0987. The topological polar surface area (TPSA) is 82.0 Å². The quantitative estimate of drug-likeness (QED) is 0.727. The molecular weight excluding hydrogens is 177 g/mol. The Bertz CT molecular complexity index is 345. The van der Waals surface area contributed by atoms with Gasteiger partial charge in [0.15, 0.2) is 0 Å². The number of carbonyl (C=O) groups is 1. The van der Waals surface area contributed by atoms with Crippen LogP contribution in [0.25, 0.3) is 0 Å². The van der Waals surface area contributed by atoms with E-state index in [9.17, 15) is 9.18 Å². The Kier molecular flexibility index (Phi) is 1.58. The Balaban J connectivity index is 2.28. The van der Waals surface area contributed by atoms with Gasteiger partial charge in [0.2, 0.25) is 5.89 Å². The molecule has 1 aliphatic carbocycles. The molecule has 0 aliphatic heterocycles. The normalized spacial score (nSPS) is 18.5. The van der Waals surface area contributed by atoms with Crippen LogP contribution in [0.5, 0.6) is 0 Å². The lowest BCUT2D eigenvalue weighted by atomic mass is 10.1. The summed E-state index contributed by atoms with van der Waals surface area (Å²) in [5.74, 6) is -0.761. The van der Waals surface area contributed by atoms with E-state index in [1.54, 1.807) is 0 Å². The Hall–Kier alpha value is -1.46. The van der Waals surface area contributed by atoms with Crippen molar-refractivity contribution in [2.24, 2.45) is 5.73 Å². The van der Waals surface area contributed by atoms with Crippen molar-refractivity contribution in [3.05, 3.63) is 11.7 Å². The number of amides is 1. The molecule has 13 heavy (non-hydrogen) atoms. The number of carbonyl (C=O) groups excluding carboxylic acids is 1. The van der Waals surface area contributed by atoms with Gasteiger partial charge in [-0.3, -0.25) is 4.79 Å². The van der Waals surface area contributed by atoms with Crippen molar-refractivity contribution < 1.29 is 13.7 Å². The second-order valence-corrected chi connectivity index (χ2v) is 3.20. The van der Waals surface area contributed by atoms with Crippen molar-refractivity contribution in [3.63, 3.8) is 0 Å². The second-order valence-electron chi connectivity index (χ2n) is 3.20. The highest BCUT2D eigenvalue weighted by atomic mass is 19.1. The number of primary amides is 1. The van der Waals surface area contributed by atoms with Crippen molar-refractivity contribution in [1.82, 2.24) is 10.1 Å². The molecule has 5 nitrogen and oxygen atoms in total. The number of hydrogen-bond acceptors (Lipinski definition) is 4. The summed E-state index contributed by atoms with van der Waals surface area (Å²) in [5, 5.41) is 3.34. The van der Waals surface area contributed by atoms with Gasteiger partial charge in [0.25, 0.3) is 11.7 Å². The van der Waals surface area contributed by atoms with Gasteiger partial charge in [-0.05, 0) is 12.8 Å². The summed E-state index contributed by atoms with van der Waals surface area (Å²) in [4.78, 5) is 14.3. The van der Waals surface area contributed by atoms with Crippen LogP contribution in [0.15, 0.2) is 4.52 Å². The summed E-state index contributed by atoms with van der Waals surface area (Å²) < 4.78 is 17.2. The first-order chi connectivity index (χ1) is 6.18. The molecule has 0 bridgehead atoms. The van der Waals surface area contributed by atoms with Crippen LogP contribution in [0.4, 0.5) is 4.39 Å². The van der Waals surface area contributed by atoms with Gasteiger partial charge < -0.3 is 10.3 Å². The average molecular weight is 185 g/mol. The third-order valence-electron chi connectivity index (χ3n) is 2.21. The monoisotopic (exact) mass is 185 g/mol. The summed E-state index contributed by atoms with van der Waals surface area (Å²) in [6, 6.07) is 0. The van der Waals surface area contributed by atoms with Crippen molar-refractivity contribution in [3.8, 4) is 0 Å². The highest BCUT2D eigenvalue weighted by Gasteiger charge is 2.50. The number of hydrogen-bond donors (Lipinski definition) is 1. The van der Waals surface area contributed by atoms with Gasteiger partial charge in [0.05, 0.1) is 5.41 Å². The number of alkyl halides is 1. The van der Waals surface area contributed by atoms with Gasteiger partial charge >= 0.3 is 0 Å². The fraction of sp³-hybridized carbons (Fsp3) is 0.571. The van der Waals surface area contributed by atoms with Crippen LogP contribution < -0.4 is 5.73 Å². The van der Waals surface area contributed by atoms with Gasteiger partial charge in [-0.25, -0.2) is 4.39 Å². The van der Waals surface area contributed by atoms with Gasteiger partial charge in [-0.2, -0.15) is 4.98 Å². The maximum atomic E-state index is 12.5. The molecule has 0 aromatic carbocycles. The Morgan fingerprint density at radius 1 is 1.69 bits per heavy atom. The Labute approximate surface area is 73.1 Å². The van der Waals surface area contributed by atoms with Crippen molar-refractivity contribution in [2.45, 2.75) is 18.3 Å². The zero-order valence-electron chi connectivity index (χ0n) is 6.79. The number of nitrogens with zero attached hydrogens (tertiary/aromatic N) is 2. The smallest absolute Gasteiger partial charge is 0.290 e. The van der Waals surface area contributed by atoms with E-state index in [2.05, 4.69) is 10.1 Å². The van der Waals surface area contributed by atoms with Crippen LogP contribution in [-0.4, -0.2) is 22.7 Å². The zero-order valence-corrected chi connectivity index (χ0v) is 6.79. The SMILES string of the molecule is NC(=O)c1noc(C2(CF)CC2)n1. The molecule has 1 fully saturated rings. The van der Waals surface area contributed by atoms with Crippen LogP contribution in [0.1, 0.15) is 29.4 Å². The summed E-state index contributed by atoms with van der Waals surface area (Å²) in [6.45, 7) is -0.534. The maximum Gasteiger partial charge on any atom is 0.290 e. The fourth-order valence-corrected chi connectivity index (χ4v) is 1.09. The van der Waals surface area contributed by atoms with Crippen LogP contribution in [0.3, 0.4) is 0 Å². The molecule has 0 atom stereocenters. The standard InChI is InChI=1S/C7H8FN3O2/c8-3-7(1-2-7)6-10-5(4(9)12)11-13-6/h1-3H2,(H2,9,12). The van der Waals surface area contributed by atoms with Gasteiger partial charge in [0.1, 0.15) is 6.67 Å². The minimum Gasteiger partial charge on any atom is -0.363 e. The first kappa shape index (κ1) is 8.15. The molecule has 0 saturated heterocycles. The van der Waals surface area contributed by atoms with Gasteiger partial charge in [0, 0.05) is 0 Å². The summed E-state index contributed by atoms with van der Waals surface area (Å²) in [5.41, 5.74) is 4.29. The van der Waals surface area contributed by atoms with E-state index in [4.69, 9.17) is 10.3 Å². The van der Waals surface area contributed by atoms with Crippen molar-refractivity contribution in [2.75, 3.05) is 6.67 Å². The highest BCUT2D eigenvalue weighted by molar-refractivity contribution is 5.88. The molecule has 70 valence electrons. The Morgan fingerprint density at radius 2 is 2.38 bits per heavy atom. The molecule has 1 saturated carbocycles. The maximum absolute atomic E-state index is 12.5. The minimum absolute atomic E-state index is 0.184. The molecule has 0 spiro atoms. The molecule has 0 unspecified atom stereocenters. The van der Waals surface area contributed by atoms with Gasteiger partial charge in [-0.1, -0.05) is 5.16 Å². The first-order valence-electron chi connectivity index (χ1n) is 3.88. The van der Waals surface area contributed by atoms with E-state index >= 15 is 0 Å². The average Bonchev–Trinajstić information content (AvgIpc) is 2.75. The summed E-state index contributed by atoms with van der Waals surface area (Å²) in [7, 11) is 0. The molecule has 1 aliphatic rings. The van der Waals surface area contributed by atoms with Gasteiger partial charge in [-0.15, -0.1) is 0 Å². The van der Waals surface area contributed by atoms with Crippen molar-refractivity contribution >= 4 is 5.91 Å². The molecule has 1 amide bonds. The molecule has 1 aromatic rings. The minimum atomic E-state index is -0.760. The van der Waals surface area contributed by atoms with E-state index in [1.807, 2.05) is 0 Å². The fourth-order valence-electron chi connectivity index (χ4n) is 1.09. The molecule has 2 N–H and O–H groups in total. The predicted octanol–water partition coefficient (Wildman–Crippen LogP) is 0.170. The van der Waals surface area contributed by atoms with E-state index in [-0.39, 0.29) is 11.7 Å². The molecule has 1 heterocycles. The second kappa shape index (κ2) is 2.51. The largest absolute Gasteiger partial charge is 0.363 e. The number of halogens is 1. The lowest BCUT2D eigenvalue weighted by Gasteiger charge is -2.00. The number of aromatic nitrogens is 2. The number of rotatable bonds is 3. The highest BCUT2D eigenvalue weighted by Crippen LogP contribution is 2.47. The zero-order chi connectivity index (χ0) is 9.47. The van der Waals surface area contributed by atoms with Crippen LogP contribution >= 0.6 is 0 Å². The summed E-state index contributed by atoms with van der Waals surface area (Å²) in [6.07, 6.45) is 1.37. The molecule has 1 aromatic heterocycles. The molecule has 0 radical (unpaired) electrons. The van der Waals surface area contributed by atoms with Crippen LogP contribution in [0.2, 0.25) is 0 Å². The number of nitrogens with two attached hydrogens (primary N) is 1. The van der Waals surface area contributed by atoms with E-state index < -0.39 is 18.0 Å². The van der Waals surface area contributed by atoms with E-state index in [1.165, 1.54) is 0 Å². The third-order valence-corrected chi connectivity index (χ3v) is 2.21.